The fourth-order valence-electron chi connectivity index (χ4n) is 3.79. The van der Waals surface area contributed by atoms with Crippen molar-refractivity contribution in [2.45, 2.75) is 13.5 Å². The van der Waals surface area contributed by atoms with Gasteiger partial charge in [0.25, 0.3) is 5.91 Å². The second-order valence-electron chi connectivity index (χ2n) is 7.70. The van der Waals surface area contributed by atoms with Crippen molar-refractivity contribution in [3.05, 3.63) is 100 Å². The Kier molecular flexibility index (Phi) is 5.10. The fourth-order valence-corrected chi connectivity index (χ4v) is 3.79. The highest BCUT2D eigenvalue weighted by Gasteiger charge is 2.13. The molecule has 3 aromatic heterocycles. The van der Waals surface area contributed by atoms with Crippen LogP contribution in [-0.4, -0.2) is 32.2 Å². The maximum Gasteiger partial charge on any atom is 0.350 e. The van der Waals surface area contributed by atoms with Crippen molar-refractivity contribution in [1.29, 1.82) is 0 Å². The summed E-state index contributed by atoms with van der Waals surface area (Å²) in [5.41, 5.74) is 3.74. The molecule has 0 saturated heterocycles. The summed E-state index contributed by atoms with van der Waals surface area (Å²) in [5.74, 6) is 0.466. The minimum atomic E-state index is -0.250. The van der Waals surface area contributed by atoms with Crippen LogP contribution in [0, 0.1) is 6.92 Å². The lowest BCUT2D eigenvalue weighted by Gasteiger charge is -2.10. The summed E-state index contributed by atoms with van der Waals surface area (Å²) in [4.78, 5) is 30.1. The van der Waals surface area contributed by atoms with E-state index in [1.807, 2.05) is 54.6 Å². The van der Waals surface area contributed by atoms with Gasteiger partial charge in [-0.2, -0.15) is 0 Å². The molecule has 0 aliphatic rings. The Balaban J connectivity index is 1.39. The highest BCUT2D eigenvalue weighted by atomic mass is 16.5. The Morgan fingerprint density at radius 1 is 1.06 bits per heavy atom. The number of aryl methyl sites for hydroxylation is 1. The number of hydrogen-bond donors (Lipinski definition) is 1. The van der Waals surface area contributed by atoms with Crippen LogP contribution in [0.25, 0.3) is 16.6 Å². The first-order valence-electron chi connectivity index (χ1n) is 10.4. The Labute approximate surface area is 189 Å². The molecule has 3 heterocycles. The third kappa shape index (κ3) is 3.94. The molecular formula is C25H21N5O3. The second-order valence-corrected chi connectivity index (χ2v) is 7.70. The van der Waals surface area contributed by atoms with Crippen molar-refractivity contribution in [2.24, 2.45) is 0 Å². The minimum absolute atomic E-state index is 0.213. The van der Waals surface area contributed by atoms with Gasteiger partial charge in [-0.1, -0.05) is 18.2 Å². The number of anilines is 1. The molecule has 0 bridgehead atoms. The summed E-state index contributed by atoms with van der Waals surface area (Å²) in [6.45, 7) is 2.10. The number of fused-ring (bicyclic) bond motifs is 2. The predicted octanol–water partition coefficient (Wildman–Crippen LogP) is 3.66. The first kappa shape index (κ1) is 20.4. The van der Waals surface area contributed by atoms with Gasteiger partial charge in [0.2, 0.25) is 0 Å². The van der Waals surface area contributed by atoms with Gasteiger partial charge in [0, 0.05) is 23.3 Å². The molecule has 0 atom stereocenters. The average molecular weight is 439 g/mol. The number of ether oxygens (including phenoxy) is 1. The van der Waals surface area contributed by atoms with E-state index in [1.165, 1.54) is 9.08 Å². The highest BCUT2D eigenvalue weighted by Crippen LogP contribution is 2.22. The maximum atomic E-state index is 13.0. The summed E-state index contributed by atoms with van der Waals surface area (Å²) in [6.07, 6.45) is 1.69. The molecule has 1 N–H and O–H groups in total. The number of pyridine rings is 2. The van der Waals surface area contributed by atoms with Crippen LogP contribution in [0.2, 0.25) is 0 Å². The molecule has 5 rings (SSSR count). The number of benzene rings is 2. The molecule has 164 valence electrons. The summed E-state index contributed by atoms with van der Waals surface area (Å²) in [5, 5.41) is 8.15. The van der Waals surface area contributed by atoms with Crippen LogP contribution in [0.3, 0.4) is 0 Å². The Hall–Kier alpha value is -4.46. The molecule has 33 heavy (non-hydrogen) atoms. The number of rotatable bonds is 5. The number of amides is 1. The fraction of sp³-hybridized carbons (Fsp3) is 0.120. The molecule has 2 aromatic carbocycles. The van der Waals surface area contributed by atoms with Gasteiger partial charge in [-0.25, -0.2) is 9.48 Å². The van der Waals surface area contributed by atoms with Crippen molar-refractivity contribution >= 4 is 28.1 Å². The summed E-state index contributed by atoms with van der Waals surface area (Å²) in [7, 11) is 1.61. The average Bonchev–Trinajstić information content (AvgIpc) is 3.13. The molecule has 0 aliphatic heterocycles. The lowest BCUT2D eigenvalue weighted by atomic mass is 10.1. The topological polar surface area (TPSA) is 90.5 Å². The van der Waals surface area contributed by atoms with E-state index in [-0.39, 0.29) is 11.6 Å². The van der Waals surface area contributed by atoms with E-state index in [2.05, 4.69) is 15.4 Å². The lowest BCUT2D eigenvalue weighted by Crippen LogP contribution is -2.21. The monoisotopic (exact) mass is 439 g/mol. The van der Waals surface area contributed by atoms with Crippen molar-refractivity contribution in [3.8, 4) is 5.75 Å². The Morgan fingerprint density at radius 2 is 1.94 bits per heavy atom. The van der Waals surface area contributed by atoms with Crippen LogP contribution in [0.1, 0.15) is 21.6 Å². The third-order valence-electron chi connectivity index (χ3n) is 5.47. The van der Waals surface area contributed by atoms with Crippen molar-refractivity contribution < 1.29 is 9.53 Å². The van der Waals surface area contributed by atoms with Gasteiger partial charge in [0.05, 0.1) is 30.4 Å². The van der Waals surface area contributed by atoms with Gasteiger partial charge in [-0.05, 0) is 55.0 Å². The number of nitrogens with zero attached hydrogens (tertiary/aromatic N) is 4. The zero-order chi connectivity index (χ0) is 22.9. The Bertz CT molecular complexity index is 1570. The maximum absolute atomic E-state index is 13.0. The summed E-state index contributed by atoms with van der Waals surface area (Å²) >= 11 is 0. The van der Waals surface area contributed by atoms with Crippen LogP contribution in [-0.2, 0) is 6.54 Å². The van der Waals surface area contributed by atoms with Gasteiger partial charge in [0.15, 0.2) is 5.65 Å². The van der Waals surface area contributed by atoms with Crippen LogP contribution in [0.4, 0.5) is 5.69 Å². The SMILES string of the molecule is COc1ccc2cc(C(=O)Nc3cccc(Cn4nc5ccccn5c4=O)c3)c(C)nc2c1. The third-order valence-corrected chi connectivity index (χ3v) is 5.47. The van der Waals surface area contributed by atoms with Crippen molar-refractivity contribution in [1.82, 2.24) is 19.2 Å². The number of carbonyl (C=O) groups is 1. The largest absolute Gasteiger partial charge is 0.497 e. The zero-order valence-corrected chi connectivity index (χ0v) is 18.1. The van der Waals surface area contributed by atoms with E-state index in [4.69, 9.17) is 4.74 Å². The van der Waals surface area contributed by atoms with E-state index in [1.54, 1.807) is 32.4 Å². The number of methoxy groups -OCH3 is 1. The molecule has 1 amide bonds. The van der Waals surface area contributed by atoms with Gasteiger partial charge >= 0.3 is 5.69 Å². The standard InChI is InChI=1S/C25H21N5O3/c1-16-21(13-18-9-10-20(33-2)14-22(18)26-16)24(31)27-19-7-5-6-17(12-19)15-30-25(32)29-11-4-3-8-23(29)28-30/h3-14H,15H2,1-2H3,(H,27,31). The summed E-state index contributed by atoms with van der Waals surface area (Å²) in [6, 6.07) is 20.2. The first-order chi connectivity index (χ1) is 16.0. The highest BCUT2D eigenvalue weighted by molar-refractivity contribution is 6.06. The smallest absolute Gasteiger partial charge is 0.350 e. The van der Waals surface area contributed by atoms with E-state index in [9.17, 15) is 9.59 Å². The van der Waals surface area contributed by atoms with Gasteiger partial charge in [-0.15, -0.1) is 5.10 Å². The molecule has 0 aliphatic carbocycles. The van der Waals surface area contributed by atoms with E-state index in [0.29, 0.717) is 34.9 Å². The molecule has 0 fully saturated rings. The normalized spacial score (nSPS) is 11.1. The van der Waals surface area contributed by atoms with Crippen LogP contribution in [0.5, 0.6) is 5.75 Å². The summed E-state index contributed by atoms with van der Waals surface area (Å²) < 4.78 is 8.15. The van der Waals surface area contributed by atoms with E-state index >= 15 is 0 Å². The molecule has 0 spiro atoms. The van der Waals surface area contributed by atoms with E-state index in [0.717, 1.165) is 16.5 Å². The quantitative estimate of drug-likeness (QED) is 0.451. The first-order valence-corrected chi connectivity index (χ1v) is 10.4. The van der Waals surface area contributed by atoms with E-state index < -0.39 is 0 Å². The van der Waals surface area contributed by atoms with Gasteiger partial charge < -0.3 is 10.1 Å². The van der Waals surface area contributed by atoms with Crippen LogP contribution >= 0.6 is 0 Å². The molecule has 0 saturated carbocycles. The zero-order valence-electron chi connectivity index (χ0n) is 18.1. The molecule has 8 heteroatoms. The van der Waals surface area contributed by atoms with Crippen molar-refractivity contribution in [2.75, 3.05) is 12.4 Å². The van der Waals surface area contributed by atoms with Crippen LogP contribution in [0.15, 0.2) is 77.7 Å². The predicted molar refractivity (Wildman–Crippen MR) is 126 cm³/mol. The second kappa shape index (κ2) is 8.23. The number of hydrogen-bond acceptors (Lipinski definition) is 5. The Morgan fingerprint density at radius 3 is 2.76 bits per heavy atom. The van der Waals surface area contributed by atoms with Gasteiger partial charge in [0.1, 0.15) is 5.75 Å². The molecule has 0 unspecified atom stereocenters. The molecule has 5 aromatic rings. The van der Waals surface area contributed by atoms with Gasteiger partial charge in [-0.3, -0.25) is 14.2 Å². The minimum Gasteiger partial charge on any atom is -0.497 e. The molecule has 0 radical (unpaired) electrons. The lowest BCUT2D eigenvalue weighted by molar-refractivity contribution is 0.102. The number of aromatic nitrogens is 4. The molecular weight excluding hydrogens is 418 g/mol. The number of nitrogens with one attached hydrogen (secondary N) is 1. The molecule has 8 nitrogen and oxygen atoms in total. The van der Waals surface area contributed by atoms with Crippen LogP contribution < -0.4 is 15.7 Å². The van der Waals surface area contributed by atoms with Crippen molar-refractivity contribution in [3.63, 3.8) is 0 Å². The number of carbonyl (C=O) groups excluding carboxylic acids is 1.